The number of pyridine rings is 1. The monoisotopic (exact) mass is 455 g/mol. The standard InChI is InChI=1S/C25H37N5OS/c1-7-12-25(5,6)17-30-24(31)23(27)32-22(15-18(3)10-9-13-28-8-2)20-11-14-29-19(4)21(20)16-26/h8,11,14-15,18,27-28H,2,7,9-10,12-13,17H2,1,3-6H3,(H,30,31)/b22-15+,27-23?. The molecule has 1 unspecified atom stereocenters. The fourth-order valence-corrected chi connectivity index (χ4v) is 4.35. The van der Waals surface area contributed by atoms with Gasteiger partial charge in [0, 0.05) is 29.8 Å². The Morgan fingerprint density at radius 2 is 2.19 bits per heavy atom. The van der Waals surface area contributed by atoms with E-state index in [1.54, 1.807) is 25.4 Å². The number of nitrogens with zero attached hydrogens (tertiary/aromatic N) is 2. The van der Waals surface area contributed by atoms with Gasteiger partial charge < -0.3 is 10.6 Å². The number of nitrogens with one attached hydrogen (secondary N) is 3. The van der Waals surface area contributed by atoms with E-state index in [-0.39, 0.29) is 16.4 Å². The first-order chi connectivity index (χ1) is 15.1. The lowest BCUT2D eigenvalue weighted by atomic mass is 9.88. The summed E-state index contributed by atoms with van der Waals surface area (Å²) in [5, 5.41) is 24.0. The van der Waals surface area contributed by atoms with Gasteiger partial charge in [-0.3, -0.25) is 15.2 Å². The SMILES string of the molecule is C=CNCCCC(C)/C=C(/SC(=N)C(=O)NCC(C)(C)CCC)c1ccnc(C)c1C#N. The summed E-state index contributed by atoms with van der Waals surface area (Å²) < 4.78 is 0. The van der Waals surface area contributed by atoms with Gasteiger partial charge in [-0.1, -0.05) is 58.5 Å². The molecule has 0 aromatic carbocycles. The van der Waals surface area contributed by atoms with E-state index < -0.39 is 5.91 Å². The molecule has 0 aliphatic carbocycles. The van der Waals surface area contributed by atoms with Crippen LogP contribution in [0.1, 0.15) is 70.2 Å². The van der Waals surface area contributed by atoms with E-state index >= 15 is 0 Å². The topological polar surface area (TPSA) is 102 Å². The summed E-state index contributed by atoms with van der Waals surface area (Å²) in [6.45, 7) is 15.3. The Balaban J connectivity index is 3.06. The number of carbonyl (C=O) groups excluding carboxylic acids is 1. The molecule has 1 aromatic rings. The Morgan fingerprint density at radius 3 is 2.81 bits per heavy atom. The number of nitriles is 1. The van der Waals surface area contributed by atoms with Gasteiger partial charge in [0.2, 0.25) is 0 Å². The van der Waals surface area contributed by atoms with Crippen molar-refractivity contribution < 1.29 is 4.79 Å². The van der Waals surface area contributed by atoms with Gasteiger partial charge >= 0.3 is 0 Å². The van der Waals surface area contributed by atoms with Crippen LogP contribution in [0.15, 0.2) is 31.1 Å². The van der Waals surface area contributed by atoms with Crippen LogP contribution in [-0.2, 0) is 4.79 Å². The van der Waals surface area contributed by atoms with Crippen LogP contribution in [0.5, 0.6) is 0 Å². The predicted octanol–water partition coefficient (Wildman–Crippen LogP) is 5.40. The third kappa shape index (κ3) is 9.27. The van der Waals surface area contributed by atoms with Crippen molar-refractivity contribution in [2.24, 2.45) is 11.3 Å². The molecule has 1 heterocycles. The number of aromatic nitrogens is 1. The van der Waals surface area contributed by atoms with Gasteiger partial charge in [0.25, 0.3) is 5.91 Å². The minimum atomic E-state index is -0.391. The second kappa shape index (κ2) is 13.7. The summed E-state index contributed by atoms with van der Waals surface area (Å²) in [6, 6.07) is 4.01. The number of allylic oxidation sites excluding steroid dienone is 1. The number of amides is 1. The first-order valence-electron chi connectivity index (χ1n) is 11.1. The molecule has 0 radical (unpaired) electrons. The van der Waals surface area contributed by atoms with E-state index in [1.165, 1.54) is 0 Å². The highest BCUT2D eigenvalue weighted by Crippen LogP contribution is 2.33. The molecule has 0 fully saturated rings. The largest absolute Gasteiger partial charge is 0.391 e. The van der Waals surface area contributed by atoms with Crippen molar-refractivity contribution in [1.82, 2.24) is 15.6 Å². The van der Waals surface area contributed by atoms with Crippen LogP contribution < -0.4 is 10.6 Å². The zero-order valence-electron chi connectivity index (χ0n) is 20.0. The highest BCUT2D eigenvalue weighted by Gasteiger charge is 2.21. The van der Waals surface area contributed by atoms with Crippen LogP contribution in [0.2, 0.25) is 0 Å². The van der Waals surface area contributed by atoms with E-state index in [2.05, 4.69) is 62.0 Å². The molecule has 32 heavy (non-hydrogen) atoms. The lowest BCUT2D eigenvalue weighted by molar-refractivity contribution is -0.115. The van der Waals surface area contributed by atoms with Crippen molar-refractivity contribution in [2.45, 2.75) is 60.3 Å². The summed E-state index contributed by atoms with van der Waals surface area (Å²) in [7, 11) is 0. The Kier molecular flexibility index (Phi) is 11.8. The maximum Gasteiger partial charge on any atom is 0.276 e. The maximum absolute atomic E-state index is 12.6. The Hall–Kier alpha value is -2.59. The van der Waals surface area contributed by atoms with Crippen molar-refractivity contribution in [2.75, 3.05) is 13.1 Å². The quantitative estimate of drug-likeness (QED) is 0.222. The van der Waals surface area contributed by atoms with E-state index in [1.807, 2.05) is 0 Å². The lowest BCUT2D eigenvalue weighted by Gasteiger charge is -2.24. The highest BCUT2D eigenvalue weighted by atomic mass is 32.2. The van der Waals surface area contributed by atoms with Gasteiger partial charge in [0.15, 0.2) is 5.04 Å². The van der Waals surface area contributed by atoms with Crippen LogP contribution in [0, 0.1) is 35.0 Å². The van der Waals surface area contributed by atoms with E-state index in [0.717, 1.165) is 48.9 Å². The van der Waals surface area contributed by atoms with Crippen molar-refractivity contribution >= 4 is 27.6 Å². The molecule has 0 aliphatic heterocycles. The van der Waals surface area contributed by atoms with Gasteiger partial charge in [-0.15, -0.1) is 0 Å². The number of aryl methyl sites for hydroxylation is 1. The van der Waals surface area contributed by atoms with Gasteiger partial charge in [0.1, 0.15) is 6.07 Å². The first kappa shape index (κ1) is 27.4. The molecular weight excluding hydrogens is 418 g/mol. The minimum Gasteiger partial charge on any atom is -0.391 e. The first-order valence-corrected chi connectivity index (χ1v) is 11.9. The molecule has 0 saturated heterocycles. The smallest absolute Gasteiger partial charge is 0.276 e. The normalized spacial score (nSPS) is 12.6. The molecule has 6 nitrogen and oxygen atoms in total. The Morgan fingerprint density at radius 1 is 1.47 bits per heavy atom. The highest BCUT2D eigenvalue weighted by molar-refractivity contribution is 8.23. The van der Waals surface area contributed by atoms with Crippen LogP contribution in [-0.4, -0.2) is 29.0 Å². The number of hydrogen-bond donors (Lipinski definition) is 3. The van der Waals surface area contributed by atoms with Gasteiger partial charge in [-0.2, -0.15) is 5.26 Å². The average Bonchev–Trinajstić information content (AvgIpc) is 2.74. The van der Waals surface area contributed by atoms with Gasteiger partial charge in [-0.05, 0) is 49.8 Å². The number of rotatable bonds is 12. The van der Waals surface area contributed by atoms with Crippen molar-refractivity contribution in [1.29, 1.82) is 10.7 Å². The molecule has 0 bridgehead atoms. The molecule has 174 valence electrons. The molecule has 0 spiro atoms. The van der Waals surface area contributed by atoms with Crippen LogP contribution in [0.25, 0.3) is 4.91 Å². The molecule has 0 aliphatic rings. The van der Waals surface area contributed by atoms with Crippen molar-refractivity contribution in [3.8, 4) is 6.07 Å². The van der Waals surface area contributed by atoms with E-state index in [9.17, 15) is 10.1 Å². The summed E-state index contributed by atoms with van der Waals surface area (Å²) in [5.74, 6) is -0.180. The molecule has 3 N–H and O–H groups in total. The minimum absolute atomic E-state index is 0.0157. The number of thioether (sulfide) groups is 1. The zero-order valence-corrected chi connectivity index (χ0v) is 20.9. The molecule has 0 saturated carbocycles. The second-order valence-corrected chi connectivity index (χ2v) is 9.82. The van der Waals surface area contributed by atoms with E-state index in [0.29, 0.717) is 23.4 Å². The molecule has 1 amide bonds. The predicted molar refractivity (Wildman–Crippen MR) is 135 cm³/mol. The van der Waals surface area contributed by atoms with Crippen molar-refractivity contribution in [3.05, 3.63) is 47.9 Å². The molecule has 7 heteroatoms. The number of carbonyl (C=O) groups is 1. The average molecular weight is 456 g/mol. The van der Waals surface area contributed by atoms with Gasteiger partial charge in [-0.25, -0.2) is 0 Å². The second-order valence-electron chi connectivity index (χ2n) is 8.77. The maximum atomic E-state index is 12.6. The van der Waals surface area contributed by atoms with Crippen molar-refractivity contribution in [3.63, 3.8) is 0 Å². The molecule has 1 aromatic heterocycles. The van der Waals surface area contributed by atoms with Gasteiger partial charge in [0.05, 0.1) is 11.3 Å². The Bertz CT molecular complexity index is 870. The number of hydrogen-bond acceptors (Lipinski definition) is 6. The summed E-state index contributed by atoms with van der Waals surface area (Å²) in [4.78, 5) is 17.6. The molecule has 1 rings (SSSR count). The summed E-state index contributed by atoms with van der Waals surface area (Å²) in [6.07, 6.45) is 9.34. The van der Waals surface area contributed by atoms with Crippen LogP contribution >= 0.6 is 11.8 Å². The summed E-state index contributed by atoms with van der Waals surface area (Å²) in [5.41, 5.74) is 1.81. The van der Waals surface area contributed by atoms with E-state index in [4.69, 9.17) is 5.41 Å². The Labute approximate surface area is 197 Å². The molecular formula is C25H37N5OS. The lowest BCUT2D eigenvalue weighted by Crippen LogP contribution is -2.36. The summed E-state index contributed by atoms with van der Waals surface area (Å²) >= 11 is 1.10. The third-order valence-electron chi connectivity index (χ3n) is 5.15. The zero-order chi connectivity index (χ0) is 24.1. The molecule has 1 atom stereocenters. The third-order valence-corrected chi connectivity index (χ3v) is 6.12. The van der Waals surface area contributed by atoms with Crippen LogP contribution in [0.3, 0.4) is 0 Å². The fourth-order valence-electron chi connectivity index (χ4n) is 3.38. The fraction of sp³-hybridized carbons (Fsp3) is 0.520. The van der Waals surface area contributed by atoms with Crippen LogP contribution in [0.4, 0.5) is 0 Å².